The quantitative estimate of drug-likeness (QED) is 0.777. The van der Waals surface area contributed by atoms with Crippen molar-refractivity contribution in [2.75, 3.05) is 7.05 Å². The van der Waals surface area contributed by atoms with Crippen molar-refractivity contribution in [2.45, 2.75) is 46.1 Å². The van der Waals surface area contributed by atoms with Crippen molar-refractivity contribution in [1.82, 2.24) is 24.5 Å². The molecule has 2 rings (SSSR count). The van der Waals surface area contributed by atoms with Gasteiger partial charge in [0.15, 0.2) is 5.69 Å². The SMILES string of the molecule is CCn1ncc(Cl)c1CN(C)C(=O)CCn1nc(C(F)(F)F)cc1C. The van der Waals surface area contributed by atoms with Gasteiger partial charge in [-0.3, -0.25) is 14.2 Å². The number of amides is 1. The number of carbonyl (C=O) groups is 1. The minimum Gasteiger partial charge on any atom is -0.340 e. The van der Waals surface area contributed by atoms with Crippen molar-refractivity contribution in [2.24, 2.45) is 0 Å². The molecule has 0 aliphatic heterocycles. The molecule has 10 heteroatoms. The lowest BCUT2D eigenvalue weighted by molar-refractivity contribution is -0.141. The van der Waals surface area contributed by atoms with E-state index in [1.807, 2.05) is 6.92 Å². The maximum atomic E-state index is 12.7. The fraction of sp³-hybridized carbons (Fsp3) is 0.533. The molecule has 0 aliphatic carbocycles. The van der Waals surface area contributed by atoms with E-state index in [4.69, 9.17) is 11.6 Å². The summed E-state index contributed by atoms with van der Waals surface area (Å²) in [6.45, 7) is 4.41. The van der Waals surface area contributed by atoms with Gasteiger partial charge in [0.25, 0.3) is 0 Å². The molecule has 0 spiro atoms. The molecule has 2 aromatic rings. The van der Waals surface area contributed by atoms with Gasteiger partial charge in [0, 0.05) is 32.3 Å². The molecule has 0 atom stereocenters. The fourth-order valence-electron chi connectivity index (χ4n) is 2.40. The predicted molar refractivity (Wildman–Crippen MR) is 86.0 cm³/mol. The Labute approximate surface area is 148 Å². The number of hydrogen-bond donors (Lipinski definition) is 0. The zero-order chi connectivity index (χ0) is 18.8. The molecule has 0 saturated carbocycles. The molecule has 1 amide bonds. The minimum absolute atomic E-state index is 0.0359. The number of rotatable bonds is 6. The highest BCUT2D eigenvalue weighted by Crippen LogP contribution is 2.28. The summed E-state index contributed by atoms with van der Waals surface area (Å²) in [6, 6.07) is 0.966. The molecule has 138 valence electrons. The lowest BCUT2D eigenvalue weighted by Gasteiger charge is -2.18. The summed E-state index contributed by atoms with van der Waals surface area (Å²) >= 11 is 6.07. The van der Waals surface area contributed by atoms with Gasteiger partial charge in [0.1, 0.15) is 0 Å². The number of nitrogens with zero attached hydrogens (tertiary/aromatic N) is 5. The Morgan fingerprint density at radius 3 is 2.60 bits per heavy atom. The number of hydrogen-bond acceptors (Lipinski definition) is 3. The Balaban J connectivity index is 1.98. The molecule has 6 nitrogen and oxygen atoms in total. The van der Waals surface area contributed by atoms with Crippen LogP contribution in [0.3, 0.4) is 0 Å². The number of aryl methyl sites for hydroxylation is 3. The standard InChI is InChI=1S/C15H19ClF3N5O/c1-4-23-12(11(16)8-20-23)9-22(3)14(25)5-6-24-10(2)7-13(21-24)15(17,18)19/h7-8H,4-6,9H2,1-3H3. The third-order valence-corrected chi connectivity index (χ3v) is 4.13. The van der Waals surface area contributed by atoms with Crippen LogP contribution in [0.2, 0.25) is 5.02 Å². The predicted octanol–water partition coefficient (Wildman–Crippen LogP) is 3.13. The van der Waals surface area contributed by atoms with E-state index in [2.05, 4.69) is 10.2 Å². The van der Waals surface area contributed by atoms with E-state index < -0.39 is 11.9 Å². The molecule has 0 bridgehead atoms. The average Bonchev–Trinajstić information content (AvgIpc) is 3.08. The Kier molecular flexibility index (Phi) is 5.76. The van der Waals surface area contributed by atoms with Gasteiger partial charge >= 0.3 is 6.18 Å². The van der Waals surface area contributed by atoms with Crippen LogP contribution >= 0.6 is 11.6 Å². The van der Waals surface area contributed by atoms with Crippen LogP contribution in [-0.2, 0) is 30.6 Å². The first-order chi connectivity index (χ1) is 11.6. The maximum absolute atomic E-state index is 12.7. The van der Waals surface area contributed by atoms with E-state index >= 15 is 0 Å². The molecule has 0 saturated heterocycles. The summed E-state index contributed by atoms with van der Waals surface area (Å²) in [5.41, 5.74) is 0.119. The molecular weight excluding hydrogens is 359 g/mol. The lowest BCUT2D eigenvalue weighted by Crippen LogP contribution is -2.28. The third kappa shape index (κ3) is 4.53. The van der Waals surface area contributed by atoms with Crippen LogP contribution in [0.1, 0.15) is 30.4 Å². The van der Waals surface area contributed by atoms with E-state index in [1.165, 1.54) is 22.7 Å². The molecule has 0 aromatic carbocycles. The summed E-state index contributed by atoms with van der Waals surface area (Å²) < 4.78 is 40.9. The topological polar surface area (TPSA) is 56.0 Å². The van der Waals surface area contributed by atoms with E-state index in [0.717, 1.165) is 11.8 Å². The minimum atomic E-state index is -4.49. The van der Waals surface area contributed by atoms with Crippen molar-refractivity contribution in [1.29, 1.82) is 0 Å². The van der Waals surface area contributed by atoms with Gasteiger partial charge in [0.2, 0.25) is 5.91 Å². The second kappa shape index (κ2) is 7.47. The Morgan fingerprint density at radius 2 is 2.04 bits per heavy atom. The number of alkyl halides is 3. The number of halogens is 4. The molecule has 25 heavy (non-hydrogen) atoms. The van der Waals surface area contributed by atoms with Crippen molar-refractivity contribution in [3.63, 3.8) is 0 Å². The summed E-state index contributed by atoms with van der Waals surface area (Å²) in [5.74, 6) is -0.219. The fourth-order valence-corrected chi connectivity index (χ4v) is 2.60. The second-order valence-corrected chi connectivity index (χ2v) is 6.05. The lowest BCUT2D eigenvalue weighted by atomic mass is 10.3. The second-order valence-electron chi connectivity index (χ2n) is 5.65. The molecule has 2 aromatic heterocycles. The molecule has 0 N–H and O–H groups in total. The molecule has 2 heterocycles. The zero-order valence-corrected chi connectivity index (χ0v) is 14.9. The van der Waals surface area contributed by atoms with Crippen LogP contribution in [0.4, 0.5) is 13.2 Å². The number of carbonyl (C=O) groups excluding carboxylic acids is 1. The van der Waals surface area contributed by atoms with Crippen molar-refractivity contribution >= 4 is 17.5 Å². The first kappa shape index (κ1) is 19.3. The van der Waals surface area contributed by atoms with Gasteiger partial charge in [-0.05, 0) is 19.9 Å². The molecule has 0 radical (unpaired) electrons. The molecular formula is C15H19ClF3N5O. The van der Waals surface area contributed by atoms with Crippen LogP contribution in [0.5, 0.6) is 0 Å². The largest absolute Gasteiger partial charge is 0.435 e. The summed E-state index contributed by atoms with van der Waals surface area (Å²) in [5, 5.41) is 8.09. The highest BCUT2D eigenvalue weighted by atomic mass is 35.5. The van der Waals surface area contributed by atoms with Gasteiger partial charge in [-0.15, -0.1) is 0 Å². The number of aromatic nitrogens is 4. The first-order valence-electron chi connectivity index (χ1n) is 7.69. The normalized spacial score (nSPS) is 11.8. The summed E-state index contributed by atoms with van der Waals surface area (Å²) in [6.07, 6.45) is -2.94. The monoisotopic (exact) mass is 377 g/mol. The van der Waals surface area contributed by atoms with Crippen LogP contribution in [0, 0.1) is 6.92 Å². The van der Waals surface area contributed by atoms with Crippen LogP contribution < -0.4 is 0 Å². The molecule has 0 fully saturated rings. The van der Waals surface area contributed by atoms with Gasteiger partial charge in [-0.1, -0.05) is 11.6 Å². The zero-order valence-electron chi connectivity index (χ0n) is 14.1. The van der Waals surface area contributed by atoms with Crippen molar-refractivity contribution < 1.29 is 18.0 Å². The molecule has 0 unspecified atom stereocenters. The van der Waals surface area contributed by atoms with Gasteiger partial charge in [0.05, 0.1) is 23.5 Å². The highest BCUT2D eigenvalue weighted by Gasteiger charge is 2.34. The van der Waals surface area contributed by atoms with E-state index in [1.54, 1.807) is 11.7 Å². The average molecular weight is 378 g/mol. The van der Waals surface area contributed by atoms with Gasteiger partial charge < -0.3 is 4.90 Å². The third-order valence-electron chi connectivity index (χ3n) is 3.82. The maximum Gasteiger partial charge on any atom is 0.435 e. The first-order valence-corrected chi connectivity index (χ1v) is 8.07. The summed E-state index contributed by atoms with van der Waals surface area (Å²) in [4.78, 5) is 13.7. The Hall–Kier alpha value is -2.03. The van der Waals surface area contributed by atoms with Gasteiger partial charge in [-0.2, -0.15) is 23.4 Å². The van der Waals surface area contributed by atoms with Crippen molar-refractivity contribution in [3.8, 4) is 0 Å². The molecule has 0 aliphatic rings. The van der Waals surface area contributed by atoms with E-state index in [-0.39, 0.29) is 25.4 Å². The smallest absolute Gasteiger partial charge is 0.340 e. The van der Waals surface area contributed by atoms with Crippen LogP contribution in [-0.4, -0.2) is 37.4 Å². The van der Waals surface area contributed by atoms with Gasteiger partial charge in [-0.25, -0.2) is 0 Å². The van der Waals surface area contributed by atoms with E-state index in [9.17, 15) is 18.0 Å². The summed E-state index contributed by atoms with van der Waals surface area (Å²) in [7, 11) is 1.61. The Morgan fingerprint density at radius 1 is 1.36 bits per heavy atom. The van der Waals surface area contributed by atoms with Crippen LogP contribution in [0.15, 0.2) is 12.3 Å². The van der Waals surface area contributed by atoms with Crippen LogP contribution in [0.25, 0.3) is 0 Å². The van der Waals surface area contributed by atoms with E-state index in [0.29, 0.717) is 17.3 Å². The Bertz CT molecular complexity index is 753. The highest BCUT2D eigenvalue weighted by molar-refractivity contribution is 6.31. The van der Waals surface area contributed by atoms with Crippen molar-refractivity contribution in [3.05, 3.63) is 34.4 Å².